The molecule has 1 heterocycles. The highest BCUT2D eigenvalue weighted by Gasteiger charge is 2.78. The molecule has 1 aliphatic carbocycles. The minimum Gasteiger partial charge on any atom is -0.336 e. The monoisotopic (exact) mass is 503 g/mol. The standard InChI is InChI=1S/C23H36F3N5O4/c1-9-12(32)28-16(11(2)3)30-17(33)13-14-21(7,8)22(14,27)10-31(13)18(34)15(20(4,5)6)29-19(35)23(24,25)26/h9,11,13-16H,1,10,27H2,2-8H3,(H,28,32)(H,29,35)(H,30,33)/t13-,14-,15+,16-,22+/m0/s1. The van der Waals surface area contributed by atoms with Crippen LogP contribution in [0.15, 0.2) is 12.7 Å². The van der Waals surface area contributed by atoms with E-state index in [1.54, 1.807) is 19.2 Å². The quantitative estimate of drug-likeness (QED) is 0.304. The van der Waals surface area contributed by atoms with Crippen LogP contribution in [0.2, 0.25) is 0 Å². The van der Waals surface area contributed by atoms with Gasteiger partial charge in [-0.15, -0.1) is 0 Å². The number of hydrogen-bond donors (Lipinski definition) is 4. The van der Waals surface area contributed by atoms with Crippen LogP contribution < -0.4 is 21.7 Å². The number of carbonyl (C=O) groups is 4. The highest BCUT2D eigenvalue weighted by Crippen LogP contribution is 2.66. The van der Waals surface area contributed by atoms with Crippen LogP contribution in [0.4, 0.5) is 13.2 Å². The summed E-state index contributed by atoms with van der Waals surface area (Å²) in [6.45, 7) is 15.1. The van der Waals surface area contributed by atoms with Gasteiger partial charge >= 0.3 is 12.1 Å². The topological polar surface area (TPSA) is 134 Å². The molecule has 1 saturated carbocycles. The molecule has 5 atom stereocenters. The van der Waals surface area contributed by atoms with Gasteiger partial charge in [0.2, 0.25) is 17.7 Å². The number of halogens is 3. The van der Waals surface area contributed by atoms with Crippen molar-refractivity contribution in [2.24, 2.45) is 28.4 Å². The molecule has 0 aromatic heterocycles. The number of nitrogens with zero attached hydrogens (tertiary/aromatic N) is 1. The molecule has 198 valence electrons. The first-order valence-electron chi connectivity index (χ1n) is 11.4. The molecule has 1 saturated heterocycles. The lowest BCUT2D eigenvalue weighted by Gasteiger charge is -2.38. The van der Waals surface area contributed by atoms with E-state index in [1.165, 1.54) is 20.8 Å². The molecule has 35 heavy (non-hydrogen) atoms. The van der Waals surface area contributed by atoms with E-state index in [0.717, 1.165) is 11.0 Å². The summed E-state index contributed by atoms with van der Waals surface area (Å²) in [5.41, 5.74) is 3.99. The molecule has 0 bridgehead atoms. The van der Waals surface area contributed by atoms with Crippen molar-refractivity contribution in [1.82, 2.24) is 20.9 Å². The Morgan fingerprint density at radius 1 is 1.09 bits per heavy atom. The number of carbonyl (C=O) groups excluding carboxylic acids is 4. The summed E-state index contributed by atoms with van der Waals surface area (Å²) in [6.07, 6.45) is -4.92. The Balaban J connectivity index is 2.39. The van der Waals surface area contributed by atoms with Gasteiger partial charge in [0.25, 0.3) is 0 Å². The van der Waals surface area contributed by atoms with Gasteiger partial charge in [-0.3, -0.25) is 19.2 Å². The third-order valence-corrected chi connectivity index (χ3v) is 7.18. The molecule has 4 amide bonds. The molecule has 5 N–H and O–H groups in total. The van der Waals surface area contributed by atoms with Crippen molar-refractivity contribution < 1.29 is 32.3 Å². The van der Waals surface area contributed by atoms with Gasteiger partial charge in [-0.05, 0) is 22.8 Å². The van der Waals surface area contributed by atoms with Crippen LogP contribution >= 0.6 is 0 Å². The SMILES string of the molecule is C=CC(=O)N[C@@H](NC(=O)[C@@H]1[C@H]2C(C)(C)[C@@]2(N)CN1C(=O)[C@@H](NC(=O)C(F)(F)F)C(C)(C)C)C(C)C. The zero-order valence-electron chi connectivity index (χ0n) is 21.2. The molecule has 0 aromatic rings. The average molecular weight is 504 g/mol. The predicted molar refractivity (Wildman–Crippen MR) is 122 cm³/mol. The number of hydrogen-bond acceptors (Lipinski definition) is 5. The molecule has 2 fully saturated rings. The number of nitrogens with two attached hydrogens (primary N) is 1. The maximum atomic E-state index is 13.6. The van der Waals surface area contributed by atoms with Gasteiger partial charge in [0.1, 0.15) is 18.2 Å². The van der Waals surface area contributed by atoms with Gasteiger partial charge < -0.3 is 26.6 Å². The van der Waals surface area contributed by atoms with Crippen LogP contribution in [0.5, 0.6) is 0 Å². The summed E-state index contributed by atoms with van der Waals surface area (Å²) in [4.78, 5) is 51.7. The van der Waals surface area contributed by atoms with E-state index in [4.69, 9.17) is 5.73 Å². The number of rotatable bonds is 7. The number of fused-ring (bicyclic) bond motifs is 1. The van der Waals surface area contributed by atoms with Gasteiger partial charge in [-0.1, -0.05) is 55.0 Å². The van der Waals surface area contributed by atoms with Crippen LogP contribution in [0.25, 0.3) is 0 Å². The van der Waals surface area contributed by atoms with Gasteiger partial charge in [0.15, 0.2) is 0 Å². The van der Waals surface area contributed by atoms with Crippen LogP contribution in [-0.4, -0.2) is 65.0 Å². The fourth-order valence-electron chi connectivity index (χ4n) is 4.82. The van der Waals surface area contributed by atoms with Gasteiger partial charge in [0.05, 0.1) is 0 Å². The third kappa shape index (κ3) is 5.31. The molecule has 0 unspecified atom stereocenters. The number of amides is 4. The number of piperidine rings is 1. The van der Waals surface area contributed by atoms with Gasteiger partial charge in [-0.25, -0.2) is 0 Å². The van der Waals surface area contributed by atoms with E-state index < -0.39 is 70.3 Å². The van der Waals surface area contributed by atoms with Crippen molar-refractivity contribution in [3.8, 4) is 0 Å². The number of nitrogens with one attached hydrogen (secondary N) is 3. The van der Waals surface area contributed by atoms with Crippen LogP contribution in [0.1, 0.15) is 48.5 Å². The summed E-state index contributed by atoms with van der Waals surface area (Å²) in [6, 6.07) is -2.66. The van der Waals surface area contributed by atoms with Crippen LogP contribution in [-0.2, 0) is 19.2 Å². The molecule has 0 radical (unpaired) electrons. The summed E-state index contributed by atoms with van der Waals surface area (Å²) >= 11 is 0. The Labute approximate surface area is 203 Å². The smallest absolute Gasteiger partial charge is 0.336 e. The van der Waals surface area contributed by atoms with Crippen molar-refractivity contribution in [3.05, 3.63) is 12.7 Å². The fraction of sp³-hybridized carbons (Fsp3) is 0.739. The van der Waals surface area contributed by atoms with Gasteiger partial charge in [-0.2, -0.15) is 13.2 Å². The van der Waals surface area contributed by atoms with Crippen molar-refractivity contribution in [2.45, 2.75) is 78.4 Å². The largest absolute Gasteiger partial charge is 0.471 e. The van der Waals surface area contributed by atoms with E-state index >= 15 is 0 Å². The molecule has 1 aliphatic heterocycles. The van der Waals surface area contributed by atoms with E-state index in [-0.39, 0.29) is 12.5 Å². The molecule has 2 aliphatic rings. The second kappa shape index (κ2) is 9.11. The minimum absolute atomic E-state index is 0.0680. The maximum absolute atomic E-state index is 13.6. The first-order chi connectivity index (χ1) is 15.7. The third-order valence-electron chi connectivity index (χ3n) is 7.18. The highest BCUT2D eigenvalue weighted by molar-refractivity contribution is 5.95. The molecular weight excluding hydrogens is 467 g/mol. The maximum Gasteiger partial charge on any atom is 0.471 e. The Morgan fingerprint density at radius 2 is 1.63 bits per heavy atom. The zero-order chi connectivity index (χ0) is 27.3. The highest BCUT2D eigenvalue weighted by atomic mass is 19.4. The van der Waals surface area contributed by atoms with Crippen molar-refractivity contribution in [1.29, 1.82) is 0 Å². The second-order valence-corrected chi connectivity index (χ2v) is 11.4. The summed E-state index contributed by atoms with van der Waals surface area (Å²) in [5.74, 6) is -4.88. The predicted octanol–water partition coefficient (Wildman–Crippen LogP) is 1.04. The molecule has 2 rings (SSSR count). The Morgan fingerprint density at radius 3 is 2.06 bits per heavy atom. The summed E-state index contributed by atoms with van der Waals surface area (Å²) < 4.78 is 38.9. The second-order valence-electron chi connectivity index (χ2n) is 11.4. The average Bonchev–Trinajstić information content (AvgIpc) is 2.96. The minimum atomic E-state index is -5.18. The molecule has 0 spiro atoms. The van der Waals surface area contributed by atoms with E-state index in [0.29, 0.717) is 0 Å². The lowest BCUT2D eigenvalue weighted by atomic mass is 9.85. The van der Waals surface area contributed by atoms with Crippen LogP contribution in [0.3, 0.4) is 0 Å². The van der Waals surface area contributed by atoms with E-state index in [9.17, 15) is 32.3 Å². The summed E-state index contributed by atoms with van der Waals surface area (Å²) in [5, 5.41) is 7.13. The Hall–Kier alpha value is -2.63. The lowest BCUT2D eigenvalue weighted by Crippen LogP contribution is -2.62. The summed E-state index contributed by atoms with van der Waals surface area (Å²) in [7, 11) is 0. The van der Waals surface area contributed by atoms with E-state index in [1.807, 2.05) is 13.8 Å². The fourth-order valence-corrected chi connectivity index (χ4v) is 4.82. The van der Waals surface area contributed by atoms with Crippen molar-refractivity contribution >= 4 is 23.6 Å². The zero-order valence-corrected chi connectivity index (χ0v) is 21.2. The first-order valence-corrected chi connectivity index (χ1v) is 11.4. The molecule has 12 heteroatoms. The first kappa shape index (κ1) is 28.6. The lowest BCUT2D eigenvalue weighted by molar-refractivity contribution is -0.176. The van der Waals surface area contributed by atoms with Crippen LogP contribution in [0, 0.1) is 22.7 Å². The van der Waals surface area contributed by atoms with Crippen molar-refractivity contribution in [2.75, 3.05) is 6.54 Å². The van der Waals surface area contributed by atoms with Crippen molar-refractivity contribution in [3.63, 3.8) is 0 Å². The Kier molecular flexibility index (Phi) is 7.44. The number of alkyl halides is 3. The molecule has 0 aromatic carbocycles. The normalized spacial score (nSPS) is 26.9. The Bertz CT molecular complexity index is 912. The number of likely N-dealkylation sites (tertiary alicyclic amines) is 1. The molecule has 9 nitrogen and oxygen atoms in total. The molecular formula is C23H36F3N5O4. The van der Waals surface area contributed by atoms with E-state index in [2.05, 4.69) is 17.2 Å². The van der Waals surface area contributed by atoms with Gasteiger partial charge in [0, 0.05) is 18.0 Å².